The maximum absolute atomic E-state index is 13.7. The third kappa shape index (κ3) is 3.40. The molecule has 4 rings (SSSR count). The second kappa shape index (κ2) is 6.91. The summed E-state index contributed by atoms with van der Waals surface area (Å²) in [5, 5.41) is 3.55. The van der Waals surface area contributed by atoms with Crippen molar-refractivity contribution in [2.24, 2.45) is 11.8 Å². The number of rotatable bonds is 2. The molecule has 1 N–H and O–H groups in total. The van der Waals surface area contributed by atoms with Crippen molar-refractivity contribution in [1.29, 1.82) is 0 Å². The van der Waals surface area contributed by atoms with E-state index >= 15 is 0 Å². The van der Waals surface area contributed by atoms with Crippen molar-refractivity contribution in [3.63, 3.8) is 0 Å². The molecule has 6 heteroatoms. The summed E-state index contributed by atoms with van der Waals surface area (Å²) in [7, 11) is 0. The molecule has 2 amide bonds. The summed E-state index contributed by atoms with van der Waals surface area (Å²) in [6.45, 7) is 4.94. The van der Waals surface area contributed by atoms with Gasteiger partial charge in [0, 0.05) is 30.7 Å². The molecule has 1 aliphatic heterocycles. The Hall–Kier alpha value is -2.50. The lowest BCUT2D eigenvalue weighted by molar-refractivity contribution is -0.145. The number of hydrogen-bond acceptors (Lipinski definition) is 3. The van der Waals surface area contributed by atoms with Crippen LogP contribution in [0.15, 0.2) is 30.5 Å². The minimum atomic E-state index is -0.517. The number of nitrogens with one attached hydrogen (secondary N) is 1. The van der Waals surface area contributed by atoms with E-state index in [0.29, 0.717) is 30.8 Å². The van der Waals surface area contributed by atoms with Crippen LogP contribution in [-0.4, -0.2) is 40.8 Å². The van der Waals surface area contributed by atoms with Gasteiger partial charge >= 0.3 is 11.8 Å². The van der Waals surface area contributed by atoms with Gasteiger partial charge in [0.25, 0.3) is 0 Å². The van der Waals surface area contributed by atoms with Gasteiger partial charge in [0.2, 0.25) is 0 Å². The van der Waals surface area contributed by atoms with E-state index in [1.54, 1.807) is 23.2 Å². The van der Waals surface area contributed by atoms with Gasteiger partial charge in [0.1, 0.15) is 5.82 Å². The van der Waals surface area contributed by atoms with E-state index in [4.69, 9.17) is 0 Å². The molecule has 1 aliphatic carbocycles. The lowest BCUT2D eigenvalue weighted by Gasteiger charge is -2.20. The Balaban J connectivity index is 1.47. The molecule has 1 saturated heterocycles. The summed E-state index contributed by atoms with van der Waals surface area (Å²) in [5.41, 5.74) is 1.96. The van der Waals surface area contributed by atoms with Crippen LogP contribution >= 0.6 is 0 Å². The van der Waals surface area contributed by atoms with Gasteiger partial charge in [-0.05, 0) is 74.3 Å². The van der Waals surface area contributed by atoms with Crippen LogP contribution in [0.25, 0.3) is 10.9 Å². The lowest BCUT2D eigenvalue weighted by Crippen LogP contribution is -2.44. The summed E-state index contributed by atoms with van der Waals surface area (Å²) < 4.78 is 13.7. The number of likely N-dealkylation sites (tertiary alicyclic amines) is 1. The van der Waals surface area contributed by atoms with E-state index in [1.165, 1.54) is 6.07 Å². The first-order valence-electron chi connectivity index (χ1n) is 9.56. The number of fused-ring (bicyclic) bond motifs is 2. The zero-order chi connectivity index (χ0) is 19.1. The number of halogens is 1. The van der Waals surface area contributed by atoms with E-state index < -0.39 is 11.8 Å². The Kier molecular flexibility index (Phi) is 4.58. The molecule has 0 radical (unpaired) electrons. The van der Waals surface area contributed by atoms with Crippen LogP contribution in [0, 0.1) is 17.7 Å². The fourth-order valence-corrected chi connectivity index (χ4v) is 4.68. The molecular weight excluding hydrogens is 345 g/mol. The van der Waals surface area contributed by atoms with E-state index in [-0.39, 0.29) is 11.9 Å². The molecule has 1 aromatic heterocycles. The molecule has 2 aliphatic rings. The molecule has 5 nitrogen and oxygen atoms in total. The number of pyridine rings is 1. The molecule has 1 aromatic carbocycles. The molecule has 0 unspecified atom stereocenters. The quantitative estimate of drug-likeness (QED) is 0.828. The molecule has 27 heavy (non-hydrogen) atoms. The van der Waals surface area contributed by atoms with Crippen LogP contribution in [0.2, 0.25) is 0 Å². The highest BCUT2D eigenvalue weighted by Crippen LogP contribution is 2.47. The number of carbonyl (C=O) groups is 2. The maximum Gasteiger partial charge on any atom is 0.311 e. The van der Waals surface area contributed by atoms with E-state index in [0.717, 1.165) is 29.3 Å². The Labute approximate surface area is 157 Å². The monoisotopic (exact) mass is 369 g/mol. The smallest absolute Gasteiger partial charge is 0.311 e. The van der Waals surface area contributed by atoms with Gasteiger partial charge < -0.3 is 10.2 Å². The first-order chi connectivity index (χ1) is 12.9. The van der Waals surface area contributed by atoms with Crippen molar-refractivity contribution in [2.75, 3.05) is 13.1 Å². The Bertz CT molecular complexity index is 884. The zero-order valence-electron chi connectivity index (χ0n) is 15.6. The summed E-state index contributed by atoms with van der Waals surface area (Å²) in [6.07, 6.45) is 3.70. The summed E-state index contributed by atoms with van der Waals surface area (Å²) in [6, 6.07) is 6.67. The third-order valence-corrected chi connectivity index (χ3v) is 5.83. The van der Waals surface area contributed by atoms with Gasteiger partial charge in [-0.3, -0.25) is 14.6 Å². The van der Waals surface area contributed by atoms with E-state index in [1.807, 2.05) is 19.9 Å². The molecule has 1 saturated carbocycles. The fourth-order valence-electron chi connectivity index (χ4n) is 4.68. The highest BCUT2D eigenvalue weighted by atomic mass is 19.1. The van der Waals surface area contributed by atoms with Crippen LogP contribution in [0.3, 0.4) is 0 Å². The lowest BCUT2D eigenvalue weighted by atomic mass is 9.93. The third-order valence-electron chi connectivity index (χ3n) is 5.83. The SMILES string of the molecule is CC(C)NC(=O)C(=O)N1C[C@H]2C[C@@H](c3ccnc4ccc(F)cc34)C[C@H]2C1. The largest absolute Gasteiger partial charge is 0.346 e. The molecule has 2 heterocycles. The van der Waals surface area contributed by atoms with E-state index in [9.17, 15) is 14.0 Å². The number of hydrogen-bond donors (Lipinski definition) is 1. The fraction of sp³-hybridized carbons (Fsp3) is 0.476. The van der Waals surface area contributed by atoms with Crippen molar-refractivity contribution in [1.82, 2.24) is 15.2 Å². The first-order valence-corrected chi connectivity index (χ1v) is 9.56. The van der Waals surface area contributed by atoms with Gasteiger partial charge in [-0.2, -0.15) is 0 Å². The van der Waals surface area contributed by atoms with Crippen LogP contribution < -0.4 is 5.32 Å². The topological polar surface area (TPSA) is 62.3 Å². The van der Waals surface area contributed by atoms with Crippen molar-refractivity contribution in [3.05, 3.63) is 41.8 Å². The van der Waals surface area contributed by atoms with Crippen molar-refractivity contribution < 1.29 is 14.0 Å². The minimum Gasteiger partial charge on any atom is -0.346 e. The number of amides is 2. The second-order valence-corrected chi connectivity index (χ2v) is 8.09. The maximum atomic E-state index is 13.7. The van der Waals surface area contributed by atoms with Crippen molar-refractivity contribution >= 4 is 22.7 Å². The van der Waals surface area contributed by atoms with E-state index in [2.05, 4.69) is 10.3 Å². The first kappa shape index (κ1) is 17.9. The highest BCUT2D eigenvalue weighted by molar-refractivity contribution is 6.35. The Morgan fingerprint density at radius 1 is 1.19 bits per heavy atom. The predicted octanol–water partition coefficient (Wildman–Crippen LogP) is 2.85. The Morgan fingerprint density at radius 3 is 2.56 bits per heavy atom. The minimum absolute atomic E-state index is 0.0479. The van der Waals surface area contributed by atoms with Crippen LogP contribution in [0.5, 0.6) is 0 Å². The van der Waals surface area contributed by atoms with Gasteiger partial charge in [-0.1, -0.05) is 0 Å². The number of nitrogens with zero attached hydrogens (tertiary/aromatic N) is 2. The molecular formula is C21H24FN3O2. The summed E-state index contributed by atoms with van der Waals surface area (Å²) in [4.78, 5) is 30.3. The van der Waals surface area contributed by atoms with Gasteiger partial charge in [0.05, 0.1) is 5.52 Å². The zero-order valence-corrected chi connectivity index (χ0v) is 15.6. The average molecular weight is 369 g/mol. The number of aromatic nitrogens is 1. The van der Waals surface area contributed by atoms with Crippen LogP contribution in [0.4, 0.5) is 4.39 Å². The molecule has 142 valence electrons. The van der Waals surface area contributed by atoms with Crippen molar-refractivity contribution in [2.45, 2.75) is 38.6 Å². The highest BCUT2D eigenvalue weighted by Gasteiger charge is 2.44. The number of benzene rings is 1. The summed E-state index contributed by atoms with van der Waals surface area (Å²) >= 11 is 0. The summed E-state index contributed by atoms with van der Waals surface area (Å²) in [5.74, 6) is -0.0646. The second-order valence-electron chi connectivity index (χ2n) is 8.09. The molecule has 3 atom stereocenters. The van der Waals surface area contributed by atoms with Crippen LogP contribution in [-0.2, 0) is 9.59 Å². The van der Waals surface area contributed by atoms with Gasteiger partial charge in [0.15, 0.2) is 0 Å². The normalized spacial score (nSPS) is 24.4. The molecule has 0 spiro atoms. The predicted molar refractivity (Wildman–Crippen MR) is 101 cm³/mol. The Morgan fingerprint density at radius 2 is 1.89 bits per heavy atom. The van der Waals surface area contributed by atoms with Gasteiger partial charge in [-0.15, -0.1) is 0 Å². The molecule has 2 fully saturated rings. The molecule has 2 aromatic rings. The average Bonchev–Trinajstić information content (AvgIpc) is 3.18. The van der Waals surface area contributed by atoms with Crippen LogP contribution in [0.1, 0.15) is 38.2 Å². The standard InChI is InChI=1S/C21H24FN3O2/c1-12(2)24-20(26)21(27)25-10-14-7-13(8-15(14)11-25)17-5-6-23-19-4-3-16(22)9-18(17)19/h3-6,9,12-15H,7-8,10-11H2,1-2H3,(H,24,26)/t13-,14-,15+. The molecule has 0 bridgehead atoms. The number of carbonyl (C=O) groups excluding carboxylic acids is 2. The van der Waals surface area contributed by atoms with Crippen molar-refractivity contribution in [3.8, 4) is 0 Å². The van der Waals surface area contributed by atoms with Gasteiger partial charge in [-0.25, -0.2) is 4.39 Å².